The van der Waals surface area contributed by atoms with E-state index >= 15 is 0 Å². The first-order valence-corrected chi connectivity index (χ1v) is 7.44. The lowest BCUT2D eigenvalue weighted by Crippen LogP contribution is -2.05. The second kappa shape index (κ2) is 8.23. The van der Waals surface area contributed by atoms with E-state index in [1.165, 1.54) is 24.3 Å². The van der Waals surface area contributed by atoms with Gasteiger partial charge >= 0.3 is 5.97 Å². The standard InChI is InChI=1S/C19H18O6/c1-4-13(7-8-20)23-14-9-12(18-19(25-18)16(21)5-2)10-15(11-14)24-17(22)6-3/h4-7,9-11,18-20H,1-3,8H2/b13-7-/t18-,19?/m0/s1. The maximum absolute atomic E-state index is 11.6. The van der Waals surface area contributed by atoms with Gasteiger partial charge in [-0.15, -0.1) is 0 Å². The van der Waals surface area contributed by atoms with Crippen LogP contribution in [-0.4, -0.2) is 29.6 Å². The van der Waals surface area contributed by atoms with Crippen molar-refractivity contribution in [3.05, 3.63) is 73.6 Å². The molecule has 2 atom stereocenters. The summed E-state index contributed by atoms with van der Waals surface area (Å²) < 4.78 is 16.1. The summed E-state index contributed by atoms with van der Waals surface area (Å²) in [5.74, 6) is 0.0201. The Kier molecular flexibility index (Phi) is 6.05. The number of hydrogen-bond donors (Lipinski definition) is 1. The lowest BCUT2D eigenvalue weighted by molar-refractivity contribution is -0.129. The fourth-order valence-corrected chi connectivity index (χ4v) is 2.12. The van der Waals surface area contributed by atoms with E-state index in [1.807, 2.05) is 0 Å². The Morgan fingerprint density at radius 3 is 2.32 bits per heavy atom. The second-order valence-corrected chi connectivity index (χ2v) is 5.04. The summed E-state index contributed by atoms with van der Waals surface area (Å²) in [5.41, 5.74) is 0.608. The Balaban J connectivity index is 2.32. The van der Waals surface area contributed by atoms with Crippen molar-refractivity contribution in [3.8, 4) is 11.5 Å². The molecule has 0 amide bonds. The minimum absolute atomic E-state index is 0.213. The van der Waals surface area contributed by atoms with E-state index in [2.05, 4.69) is 19.7 Å². The average Bonchev–Trinajstić information content (AvgIpc) is 3.41. The third-order valence-electron chi connectivity index (χ3n) is 3.32. The van der Waals surface area contributed by atoms with Gasteiger partial charge in [0.15, 0.2) is 11.9 Å². The van der Waals surface area contributed by atoms with Gasteiger partial charge in [-0.05, 0) is 35.9 Å². The first kappa shape index (κ1) is 18.4. The van der Waals surface area contributed by atoms with Crippen LogP contribution in [0.25, 0.3) is 0 Å². The van der Waals surface area contributed by atoms with Gasteiger partial charge in [0, 0.05) is 12.1 Å². The number of allylic oxidation sites excluding steroid dienone is 1. The number of ether oxygens (including phenoxy) is 3. The molecule has 6 heteroatoms. The van der Waals surface area contributed by atoms with Crippen molar-refractivity contribution in [2.24, 2.45) is 0 Å². The fraction of sp³-hybridized carbons (Fsp3) is 0.158. The molecule has 1 fully saturated rings. The molecule has 1 aliphatic heterocycles. The van der Waals surface area contributed by atoms with Crippen molar-refractivity contribution in [1.82, 2.24) is 0 Å². The van der Waals surface area contributed by atoms with E-state index in [1.54, 1.807) is 12.1 Å². The number of rotatable bonds is 9. The van der Waals surface area contributed by atoms with Crippen molar-refractivity contribution in [2.75, 3.05) is 6.61 Å². The smallest absolute Gasteiger partial charge is 0.335 e. The van der Waals surface area contributed by atoms with E-state index in [9.17, 15) is 9.59 Å². The maximum Gasteiger partial charge on any atom is 0.335 e. The first-order valence-electron chi connectivity index (χ1n) is 7.44. The maximum atomic E-state index is 11.6. The van der Waals surface area contributed by atoms with Crippen LogP contribution in [0.3, 0.4) is 0 Å². The number of carbonyl (C=O) groups excluding carboxylic acids is 2. The molecule has 6 nitrogen and oxygen atoms in total. The van der Waals surface area contributed by atoms with Crippen LogP contribution in [0.5, 0.6) is 11.5 Å². The number of epoxide rings is 1. The number of carbonyl (C=O) groups is 2. The van der Waals surface area contributed by atoms with Gasteiger partial charge in [0.05, 0.1) is 6.61 Å². The Bertz CT molecular complexity index is 746. The van der Waals surface area contributed by atoms with E-state index in [-0.39, 0.29) is 18.1 Å². The Morgan fingerprint density at radius 2 is 1.76 bits per heavy atom. The van der Waals surface area contributed by atoms with E-state index in [0.717, 1.165) is 6.08 Å². The highest BCUT2D eigenvalue weighted by molar-refractivity contribution is 5.95. The lowest BCUT2D eigenvalue weighted by atomic mass is 10.1. The molecule has 1 N–H and O–H groups in total. The van der Waals surface area contributed by atoms with Gasteiger partial charge in [0.1, 0.15) is 23.4 Å². The highest BCUT2D eigenvalue weighted by Crippen LogP contribution is 2.42. The minimum Gasteiger partial charge on any atom is -0.457 e. The molecule has 1 aromatic carbocycles. The van der Waals surface area contributed by atoms with Gasteiger partial charge in [0.2, 0.25) is 0 Å². The van der Waals surface area contributed by atoms with E-state index in [4.69, 9.17) is 19.3 Å². The van der Waals surface area contributed by atoms with Gasteiger partial charge in [-0.25, -0.2) is 4.79 Å². The van der Waals surface area contributed by atoms with Gasteiger partial charge < -0.3 is 19.3 Å². The third-order valence-corrected chi connectivity index (χ3v) is 3.32. The monoisotopic (exact) mass is 342 g/mol. The minimum atomic E-state index is -0.631. The van der Waals surface area contributed by atoms with Gasteiger partial charge in [-0.3, -0.25) is 4.79 Å². The molecule has 2 rings (SSSR count). The molecule has 0 aromatic heterocycles. The third kappa shape index (κ3) is 4.76. The van der Waals surface area contributed by atoms with Crippen LogP contribution in [0.4, 0.5) is 0 Å². The SMILES string of the molecule is C=CC(=O)Oc1cc(O/C(C=C)=C\CO)cc([C@@H]2OC2C(=O)C=C)c1. The molecule has 1 aromatic rings. The van der Waals surface area contributed by atoms with E-state index in [0.29, 0.717) is 17.1 Å². The number of esters is 1. The van der Waals surface area contributed by atoms with E-state index < -0.39 is 18.2 Å². The molecule has 1 aliphatic rings. The number of hydrogen-bond acceptors (Lipinski definition) is 6. The molecule has 25 heavy (non-hydrogen) atoms. The molecular weight excluding hydrogens is 324 g/mol. The first-order chi connectivity index (χ1) is 12.0. The predicted octanol–water partition coefficient (Wildman–Crippen LogP) is 2.41. The van der Waals surface area contributed by atoms with Gasteiger partial charge in [0.25, 0.3) is 0 Å². The Hall–Kier alpha value is -2.96. The molecule has 0 saturated carbocycles. The van der Waals surface area contributed by atoms with Crippen LogP contribution < -0.4 is 9.47 Å². The van der Waals surface area contributed by atoms with Crippen LogP contribution in [0.15, 0.2) is 68.0 Å². The zero-order valence-electron chi connectivity index (χ0n) is 13.5. The van der Waals surface area contributed by atoms with Crippen molar-refractivity contribution >= 4 is 11.8 Å². The lowest BCUT2D eigenvalue weighted by Gasteiger charge is -2.10. The molecule has 1 heterocycles. The molecule has 1 unspecified atom stereocenters. The van der Waals surface area contributed by atoms with Crippen LogP contribution in [0.1, 0.15) is 11.7 Å². The summed E-state index contributed by atoms with van der Waals surface area (Å²) in [6.07, 6.45) is 4.00. The zero-order valence-corrected chi connectivity index (χ0v) is 13.5. The fourth-order valence-electron chi connectivity index (χ4n) is 2.12. The van der Waals surface area contributed by atoms with Crippen molar-refractivity contribution in [2.45, 2.75) is 12.2 Å². The largest absolute Gasteiger partial charge is 0.457 e. The molecular formula is C19H18O6. The zero-order chi connectivity index (χ0) is 18.4. The van der Waals surface area contributed by atoms with Crippen LogP contribution in [-0.2, 0) is 14.3 Å². The Morgan fingerprint density at radius 1 is 1.08 bits per heavy atom. The second-order valence-electron chi connectivity index (χ2n) is 5.04. The Labute approximate surface area is 145 Å². The van der Waals surface area contributed by atoms with Crippen LogP contribution in [0, 0.1) is 0 Å². The number of aliphatic hydroxyl groups excluding tert-OH is 1. The summed E-state index contributed by atoms with van der Waals surface area (Å²) in [6, 6.07) is 4.73. The average molecular weight is 342 g/mol. The van der Waals surface area contributed by atoms with Crippen molar-refractivity contribution in [1.29, 1.82) is 0 Å². The van der Waals surface area contributed by atoms with Gasteiger partial charge in [-0.1, -0.05) is 19.7 Å². The summed E-state index contributed by atoms with van der Waals surface area (Å²) in [7, 11) is 0. The summed E-state index contributed by atoms with van der Waals surface area (Å²) in [5, 5.41) is 8.98. The predicted molar refractivity (Wildman–Crippen MR) is 91.1 cm³/mol. The summed E-state index contributed by atoms with van der Waals surface area (Å²) in [6.45, 7) is 10.1. The quantitative estimate of drug-likeness (QED) is 0.185. The molecule has 0 aliphatic carbocycles. The number of aliphatic hydroxyl groups is 1. The molecule has 1 saturated heterocycles. The topological polar surface area (TPSA) is 85.4 Å². The van der Waals surface area contributed by atoms with Crippen LogP contribution >= 0.6 is 0 Å². The highest BCUT2D eigenvalue weighted by atomic mass is 16.6. The highest BCUT2D eigenvalue weighted by Gasteiger charge is 2.45. The molecule has 0 bridgehead atoms. The molecule has 0 spiro atoms. The number of benzene rings is 1. The van der Waals surface area contributed by atoms with Crippen LogP contribution in [0.2, 0.25) is 0 Å². The molecule has 0 radical (unpaired) electrons. The van der Waals surface area contributed by atoms with Crippen molar-refractivity contribution in [3.63, 3.8) is 0 Å². The van der Waals surface area contributed by atoms with Crippen molar-refractivity contribution < 1.29 is 28.9 Å². The summed E-state index contributed by atoms with van der Waals surface area (Å²) in [4.78, 5) is 23.1. The summed E-state index contributed by atoms with van der Waals surface area (Å²) >= 11 is 0. The van der Waals surface area contributed by atoms with Gasteiger partial charge in [-0.2, -0.15) is 0 Å². The number of ketones is 1. The normalized spacial score (nSPS) is 18.8. The molecule has 130 valence electrons.